The third-order valence-electron chi connectivity index (χ3n) is 4.34. The third kappa shape index (κ3) is 5.29. The van der Waals surface area contributed by atoms with Crippen molar-refractivity contribution in [1.29, 1.82) is 0 Å². The molecule has 11 nitrogen and oxygen atoms in total. The summed E-state index contributed by atoms with van der Waals surface area (Å²) in [5, 5.41) is 35.7. The van der Waals surface area contributed by atoms with Crippen molar-refractivity contribution in [2.45, 2.75) is 44.1 Å². The molecule has 3 rings (SSSR count). The predicted molar refractivity (Wildman–Crippen MR) is 107 cm³/mol. The van der Waals surface area contributed by atoms with Crippen molar-refractivity contribution in [2.75, 3.05) is 11.9 Å². The zero-order chi connectivity index (χ0) is 21.7. The summed E-state index contributed by atoms with van der Waals surface area (Å²) in [7, 11) is 0. The second kappa shape index (κ2) is 9.91. The maximum Gasteiger partial charge on any atom is 0.266 e. The number of carbonyl (C=O) groups is 2. The van der Waals surface area contributed by atoms with Crippen molar-refractivity contribution in [1.82, 2.24) is 20.3 Å². The molecule has 3 heterocycles. The Morgan fingerprint density at radius 3 is 2.90 bits per heavy atom. The number of ether oxygens (including phenoxy) is 2. The molecule has 1 aliphatic heterocycles. The number of carbonyl (C=O) groups excluding carboxylic acids is 2. The molecule has 1 fully saturated rings. The molecule has 1 aliphatic rings. The van der Waals surface area contributed by atoms with Gasteiger partial charge in [-0.1, -0.05) is 17.4 Å². The fourth-order valence-electron chi connectivity index (χ4n) is 2.99. The summed E-state index contributed by atoms with van der Waals surface area (Å²) in [4.78, 5) is 24.1. The first-order valence-corrected chi connectivity index (χ1v) is 10.0. The smallest absolute Gasteiger partial charge is 0.266 e. The highest BCUT2D eigenvalue weighted by Crippen LogP contribution is 2.24. The highest BCUT2D eigenvalue weighted by atomic mass is 32.1. The summed E-state index contributed by atoms with van der Waals surface area (Å²) < 4.78 is 12.6. The molecule has 0 aliphatic carbocycles. The summed E-state index contributed by atoms with van der Waals surface area (Å²) in [6.45, 7) is 5.00. The van der Waals surface area contributed by atoms with E-state index < -0.39 is 36.6 Å². The zero-order valence-corrected chi connectivity index (χ0v) is 17.0. The van der Waals surface area contributed by atoms with E-state index in [4.69, 9.17) is 9.47 Å². The van der Waals surface area contributed by atoms with Crippen LogP contribution in [-0.4, -0.2) is 74.3 Å². The van der Waals surface area contributed by atoms with E-state index in [1.807, 2.05) is 0 Å². The lowest BCUT2D eigenvalue weighted by Gasteiger charge is -2.42. The number of hydrogen-bond acceptors (Lipinski definition) is 9. The molecule has 0 radical (unpaired) electrons. The van der Waals surface area contributed by atoms with E-state index in [2.05, 4.69) is 27.5 Å². The minimum absolute atomic E-state index is 0.0286. The molecular formula is C18H23N5O6S. The lowest BCUT2D eigenvalue weighted by Crippen LogP contribution is -2.64. The van der Waals surface area contributed by atoms with Gasteiger partial charge in [0.25, 0.3) is 5.91 Å². The van der Waals surface area contributed by atoms with Gasteiger partial charge in [-0.3, -0.25) is 9.59 Å². The molecule has 0 unspecified atom stereocenters. The van der Waals surface area contributed by atoms with Crippen LogP contribution in [0, 0.1) is 0 Å². The number of hydrogen-bond donors (Lipinski definition) is 4. The standard InChI is InChI=1S/C18H23N5O6S/c1-3-6-28-18-14(19-10(2)24)16(26)15(25)11(29-18)8-23-9-13(21-22-23)20-17(27)12-5-4-7-30-12/h3-5,7,9,11,14-16,18,25-26H,1,6,8H2,2H3,(H,19,24)(H,20,27)/t11-,14-,15+,16-,18+/m1/s1. The van der Waals surface area contributed by atoms with Gasteiger partial charge >= 0.3 is 0 Å². The van der Waals surface area contributed by atoms with Crippen LogP contribution in [0.5, 0.6) is 0 Å². The van der Waals surface area contributed by atoms with E-state index in [9.17, 15) is 19.8 Å². The van der Waals surface area contributed by atoms with E-state index in [-0.39, 0.29) is 24.9 Å². The van der Waals surface area contributed by atoms with Gasteiger partial charge in [-0.05, 0) is 11.4 Å². The number of anilines is 1. The normalized spacial score (nSPS) is 26.2. The number of amides is 2. The molecule has 30 heavy (non-hydrogen) atoms. The second-order valence-electron chi connectivity index (χ2n) is 6.63. The first kappa shape index (κ1) is 22.1. The van der Waals surface area contributed by atoms with E-state index in [0.717, 1.165) is 0 Å². The Hall–Kier alpha value is -2.64. The number of aliphatic hydroxyl groups excluding tert-OH is 2. The largest absolute Gasteiger partial charge is 0.388 e. The molecule has 1 saturated heterocycles. The summed E-state index contributed by atoms with van der Waals surface area (Å²) in [6, 6.07) is 2.50. The van der Waals surface area contributed by atoms with Crippen molar-refractivity contribution in [3.8, 4) is 0 Å². The summed E-state index contributed by atoms with van der Waals surface area (Å²) in [5.41, 5.74) is 0. The fourth-order valence-corrected chi connectivity index (χ4v) is 3.61. The van der Waals surface area contributed by atoms with Crippen LogP contribution in [0.15, 0.2) is 36.4 Å². The maximum atomic E-state index is 12.1. The van der Waals surface area contributed by atoms with Crippen LogP contribution >= 0.6 is 11.3 Å². The molecule has 2 amide bonds. The van der Waals surface area contributed by atoms with E-state index in [0.29, 0.717) is 4.88 Å². The van der Waals surface area contributed by atoms with Crippen molar-refractivity contribution >= 4 is 29.0 Å². The Bertz CT molecular complexity index is 872. The number of rotatable bonds is 8. The Kier molecular flexibility index (Phi) is 7.29. The second-order valence-corrected chi connectivity index (χ2v) is 7.58. The quantitative estimate of drug-likeness (QED) is 0.413. The van der Waals surface area contributed by atoms with E-state index in [1.165, 1.54) is 35.2 Å². The highest BCUT2D eigenvalue weighted by Gasteiger charge is 2.45. The fraction of sp³-hybridized carbons (Fsp3) is 0.444. The molecule has 2 aromatic rings. The first-order chi connectivity index (χ1) is 14.4. The van der Waals surface area contributed by atoms with Crippen LogP contribution in [0.1, 0.15) is 16.6 Å². The van der Waals surface area contributed by atoms with E-state index in [1.54, 1.807) is 17.5 Å². The van der Waals surface area contributed by atoms with Crippen LogP contribution in [0.25, 0.3) is 0 Å². The number of aromatic nitrogens is 3. The molecule has 0 aromatic carbocycles. The van der Waals surface area contributed by atoms with Crippen molar-refractivity contribution in [3.63, 3.8) is 0 Å². The molecule has 162 valence electrons. The molecule has 0 saturated carbocycles. The van der Waals surface area contributed by atoms with Crippen LogP contribution in [0.3, 0.4) is 0 Å². The lowest BCUT2D eigenvalue weighted by atomic mass is 9.96. The van der Waals surface area contributed by atoms with Gasteiger partial charge in [0, 0.05) is 6.92 Å². The number of nitrogens with one attached hydrogen (secondary N) is 2. The summed E-state index contributed by atoms with van der Waals surface area (Å²) in [5.74, 6) is -0.477. The molecule has 2 aromatic heterocycles. The Labute approximate surface area is 176 Å². The molecule has 4 N–H and O–H groups in total. The van der Waals surface area contributed by atoms with Crippen molar-refractivity contribution in [3.05, 3.63) is 41.2 Å². The van der Waals surface area contributed by atoms with Gasteiger partial charge in [0.15, 0.2) is 12.1 Å². The van der Waals surface area contributed by atoms with Gasteiger partial charge in [0.1, 0.15) is 24.4 Å². The molecule has 12 heteroatoms. The Morgan fingerprint density at radius 2 is 2.23 bits per heavy atom. The van der Waals surface area contributed by atoms with Crippen molar-refractivity contribution < 1.29 is 29.3 Å². The minimum Gasteiger partial charge on any atom is -0.388 e. The topological polar surface area (TPSA) is 148 Å². The molecule has 0 spiro atoms. The minimum atomic E-state index is -1.33. The zero-order valence-electron chi connectivity index (χ0n) is 16.2. The van der Waals surface area contributed by atoms with Crippen LogP contribution in [-0.2, 0) is 20.8 Å². The number of aliphatic hydroxyl groups is 2. The Morgan fingerprint density at radius 1 is 1.43 bits per heavy atom. The lowest BCUT2D eigenvalue weighted by molar-refractivity contribution is -0.264. The number of thiophene rings is 1. The molecular weight excluding hydrogens is 414 g/mol. The van der Waals surface area contributed by atoms with Gasteiger partial charge in [-0.15, -0.1) is 23.0 Å². The van der Waals surface area contributed by atoms with Gasteiger partial charge < -0.3 is 30.3 Å². The monoisotopic (exact) mass is 437 g/mol. The average Bonchev–Trinajstić information content (AvgIpc) is 3.38. The summed E-state index contributed by atoms with van der Waals surface area (Å²) >= 11 is 1.30. The van der Waals surface area contributed by atoms with Gasteiger partial charge in [-0.25, -0.2) is 4.68 Å². The predicted octanol–water partition coefficient (Wildman–Crippen LogP) is -0.254. The van der Waals surface area contributed by atoms with Crippen LogP contribution in [0.2, 0.25) is 0 Å². The maximum absolute atomic E-state index is 12.1. The van der Waals surface area contributed by atoms with E-state index >= 15 is 0 Å². The molecule has 0 bridgehead atoms. The van der Waals surface area contributed by atoms with Crippen LogP contribution < -0.4 is 10.6 Å². The van der Waals surface area contributed by atoms with Gasteiger partial charge in [-0.2, -0.15) is 0 Å². The molecule has 5 atom stereocenters. The summed E-state index contributed by atoms with van der Waals surface area (Å²) in [6.07, 6.45) is -1.57. The SMILES string of the molecule is C=CCO[C@H]1O[C@H](Cn2cc(NC(=O)c3cccs3)nn2)[C@H](O)[C@H](O)[C@H]1NC(C)=O. The van der Waals surface area contributed by atoms with Crippen LogP contribution in [0.4, 0.5) is 5.82 Å². The third-order valence-corrected chi connectivity index (χ3v) is 5.21. The van der Waals surface area contributed by atoms with Crippen molar-refractivity contribution in [2.24, 2.45) is 0 Å². The van der Waals surface area contributed by atoms with Gasteiger partial charge in [0.2, 0.25) is 5.91 Å². The van der Waals surface area contributed by atoms with Gasteiger partial charge in [0.05, 0.1) is 24.2 Å². The highest BCUT2D eigenvalue weighted by molar-refractivity contribution is 7.12. The first-order valence-electron chi connectivity index (χ1n) is 9.15. The average molecular weight is 437 g/mol. The number of nitrogens with zero attached hydrogens (tertiary/aromatic N) is 3. The Balaban J connectivity index is 1.66.